The van der Waals surface area contributed by atoms with E-state index in [9.17, 15) is 22.8 Å². The minimum absolute atomic E-state index is 0.0333. The first-order valence-corrected chi connectivity index (χ1v) is 7.18. The molecule has 23 heavy (non-hydrogen) atoms. The number of hydrogen-bond donors (Lipinski definition) is 1. The quantitative estimate of drug-likeness (QED) is 0.901. The van der Waals surface area contributed by atoms with Gasteiger partial charge in [0.2, 0.25) is 17.7 Å². The van der Waals surface area contributed by atoms with E-state index in [4.69, 9.17) is 5.73 Å². The van der Waals surface area contributed by atoms with Gasteiger partial charge in [-0.2, -0.15) is 0 Å². The molecule has 2 aliphatic rings. The fourth-order valence-electron chi connectivity index (χ4n) is 3.47. The summed E-state index contributed by atoms with van der Waals surface area (Å²) in [7, 11) is 0. The lowest BCUT2D eigenvalue weighted by molar-refractivity contribution is -0.135. The van der Waals surface area contributed by atoms with Gasteiger partial charge in [0.05, 0.1) is 11.6 Å². The monoisotopic (exact) mass is 326 g/mol. The molecular weight excluding hydrogens is 311 g/mol. The number of nitrogens with zero attached hydrogens (tertiary/aromatic N) is 2. The second-order valence-electron chi connectivity index (χ2n) is 6.14. The molecule has 1 saturated heterocycles. The van der Waals surface area contributed by atoms with E-state index in [1.165, 1.54) is 12.5 Å². The van der Waals surface area contributed by atoms with Crippen LogP contribution in [0, 0.1) is 17.7 Å². The fraction of sp³-hybridized carbons (Fsp3) is 0.467. The maximum atomic E-state index is 13.8. The van der Waals surface area contributed by atoms with E-state index in [1.807, 2.05) is 0 Å². The lowest BCUT2D eigenvalue weighted by Gasteiger charge is -2.35. The van der Waals surface area contributed by atoms with E-state index in [1.54, 1.807) is 0 Å². The van der Waals surface area contributed by atoms with Gasteiger partial charge in [-0.3, -0.25) is 14.5 Å². The van der Waals surface area contributed by atoms with Gasteiger partial charge in [-0.1, -0.05) is 0 Å². The molecule has 2 unspecified atom stereocenters. The number of alkyl halides is 2. The normalized spacial score (nSPS) is 30.0. The molecule has 3 rings (SSSR count). The third kappa shape index (κ3) is 2.66. The van der Waals surface area contributed by atoms with Crippen molar-refractivity contribution in [2.24, 2.45) is 11.1 Å². The van der Waals surface area contributed by atoms with Crippen LogP contribution >= 0.6 is 0 Å². The number of hydrogen-bond acceptors (Lipinski definition) is 3. The molecule has 1 radical (unpaired) electrons. The molecule has 2 amide bonds. The Hall–Kier alpha value is -2.12. The van der Waals surface area contributed by atoms with Gasteiger partial charge in [-0.25, -0.2) is 18.2 Å². The third-order valence-electron chi connectivity index (χ3n) is 4.43. The average Bonchev–Trinajstić information content (AvgIpc) is 2.72. The van der Waals surface area contributed by atoms with Crippen LogP contribution in [-0.4, -0.2) is 28.8 Å². The van der Waals surface area contributed by atoms with Crippen LogP contribution in [0.5, 0.6) is 0 Å². The van der Waals surface area contributed by atoms with Crippen molar-refractivity contribution in [2.45, 2.75) is 37.6 Å². The second-order valence-corrected chi connectivity index (χ2v) is 6.14. The zero-order valence-electron chi connectivity index (χ0n) is 12.1. The standard InChI is InChI=1S/C15H15F3N3O2/c16-9-2-3-11(20-7-9)21-10(12(19)22)6-14(13(21)23)4-1-5-15(17,18)8-14/h1-3,7,10H,4-6,8H2,(H2,19,22). The van der Waals surface area contributed by atoms with Crippen LogP contribution in [0.25, 0.3) is 0 Å². The summed E-state index contributed by atoms with van der Waals surface area (Å²) in [6, 6.07) is 1.25. The molecule has 2 N–H and O–H groups in total. The summed E-state index contributed by atoms with van der Waals surface area (Å²) in [5, 5.41) is 0. The SMILES string of the molecule is NC(=O)C1CC2(C[CH]CC(F)(F)C2)C(=O)N1c1ccc(F)cn1. The van der Waals surface area contributed by atoms with Crippen molar-refractivity contribution in [1.82, 2.24) is 4.98 Å². The van der Waals surface area contributed by atoms with Crippen LogP contribution in [0.4, 0.5) is 19.0 Å². The van der Waals surface area contributed by atoms with Crippen molar-refractivity contribution in [3.05, 3.63) is 30.6 Å². The molecule has 0 aromatic carbocycles. The Morgan fingerprint density at radius 3 is 2.65 bits per heavy atom. The number of primary amides is 1. The predicted octanol–water partition coefficient (Wildman–Crippen LogP) is 1.82. The highest BCUT2D eigenvalue weighted by Gasteiger charge is 2.59. The van der Waals surface area contributed by atoms with E-state index in [0.717, 1.165) is 17.2 Å². The van der Waals surface area contributed by atoms with Crippen LogP contribution in [0.15, 0.2) is 18.3 Å². The van der Waals surface area contributed by atoms with Crippen molar-refractivity contribution in [3.63, 3.8) is 0 Å². The van der Waals surface area contributed by atoms with Crippen molar-refractivity contribution < 1.29 is 22.8 Å². The maximum Gasteiger partial charge on any atom is 0.249 e. The third-order valence-corrected chi connectivity index (χ3v) is 4.43. The van der Waals surface area contributed by atoms with Crippen molar-refractivity contribution in [3.8, 4) is 0 Å². The molecule has 2 fully saturated rings. The fourth-order valence-corrected chi connectivity index (χ4v) is 3.47. The first-order chi connectivity index (χ1) is 10.7. The summed E-state index contributed by atoms with van der Waals surface area (Å²) in [6.45, 7) is 0. The zero-order valence-corrected chi connectivity index (χ0v) is 12.1. The van der Waals surface area contributed by atoms with E-state index >= 15 is 0 Å². The van der Waals surface area contributed by atoms with Gasteiger partial charge in [-0.05, 0) is 31.4 Å². The number of aromatic nitrogens is 1. The number of carbonyl (C=O) groups excluding carboxylic acids is 2. The van der Waals surface area contributed by atoms with Gasteiger partial charge in [0, 0.05) is 12.8 Å². The maximum absolute atomic E-state index is 13.8. The van der Waals surface area contributed by atoms with Crippen LogP contribution in [0.3, 0.4) is 0 Å². The minimum Gasteiger partial charge on any atom is -0.368 e. The van der Waals surface area contributed by atoms with Crippen LogP contribution in [0.1, 0.15) is 25.7 Å². The Morgan fingerprint density at radius 1 is 1.35 bits per heavy atom. The van der Waals surface area contributed by atoms with Gasteiger partial charge in [0.15, 0.2) is 0 Å². The molecule has 2 heterocycles. The molecule has 0 bridgehead atoms. The van der Waals surface area contributed by atoms with Gasteiger partial charge < -0.3 is 5.73 Å². The van der Waals surface area contributed by atoms with Gasteiger partial charge in [-0.15, -0.1) is 0 Å². The Bertz CT molecular complexity index is 650. The Balaban J connectivity index is 2.00. The summed E-state index contributed by atoms with van der Waals surface area (Å²) in [5.74, 6) is -4.98. The van der Waals surface area contributed by atoms with Crippen LogP contribution in [-0.2, 0) is 9.59 Å². The Morgan fingerprint density at radius 2 is 2.09 bits per heavy atom. The zero-order chi connectivity index (χ0) is 16.8. The van der Waals surface area contributed by atoms with Crippen LogP contribution in [0.2, 0.25) is 0 Å². The molecule has 5 nitrogen and oxygen atoms in total. The Kier molecular flexibility index (Phi) is 3.57. The summed E-state index contributed by atoms with van der Waals surface area (Å²) < 4.78 is 40.6. The highest BCUT2D eigenvalue weighted by molar-refractivity contribution is 6.06. The van der Waals surface area contributed by atoms with E-state index in [-0.39, 0.29) is 18.7 Å². The molecule has 1 spiro atoms. The van der Waals surface area contributed by atoms with Gasteiger partial charge in [0.1, 0.15) is 17.7 Å². The highest BCUT2D eigenvalue weighted by atomic mass is 19.3. The molecule has 1 aromatic rings. The number of halogens is 3. The summed E-state index contributed by atoms with van der Waals surface area (Å²) in [5.41, 5.74) is 3.98. The van der Waals surface area contributed by atoms with E-state index in [2.05, 4.69) is 4.98 Å². The molecule has 8 heteroatoms. The number of pyridine rings is 1. The second kappa shape index (κ2) is 5.21. The van der Waals surface area contributed by atoms with Crippen molar-refractivity contribution in [1.29, 1.82) is 0 Å². The minimum atomic E-state index is -3.00. The van der Waals surface area contributed by atoms with Crippen LogP contribution < -0.4 is 10.6 Å². The molecular formula is C15H15F3N3O2. The van der Waals surface area contributed by atoms with Crippen molar-refractivity contribution in [2.75, 3.05) is 4.90 Å². The summed E-state index contributed by atoms with van der Waals surface area (Å²) in [4.78, 5) is 29.3. The number of carbonyl (C=O) groups is 2. The first kappa shape index (κ1) is 15.8. The molecule has 1 aliphatic heterocycles. The van der Waals surface area contributed by atoms with E-state index < -0.39 is 47.9 Å². The number of anilines is 1. The molecule has 123 valence electrons. The first-order valence-electron chi connectivity index (χ1n) is 7.18. The summed E-state index contributed by atoms with van der Waals surface area (Å²) >= 11 is 0. The van der Waals surface area contributed by atoms with Crippen molar-refractivity contribution >= 4 is 17.6 Å². The summed E-state index contributed by atoms with van der Waals surface area (Å²) in [6.07, 6.45) is 1.32. The average molecular weight is 326 g/mol. The number of amides is 2. The highest BCUT2D eigenvalue weighted by Crippen LogP contribution is 2.52. The Labute approximate surface area is 130 Å². The topological polar surface area (TPSA) is 76.3 Å². The number of rotatable bonds is 2. The molecule has 1 saturated carbocycles. The molecule has 2 atom stereocenters. The lowest BCUT2D eigenvalue weighted by Crippen LogP contribution is -2.45. The molecule has 1 aromatic heterocycles. The largest absolute Gasteiger partial charge is 0.368 e. The smallest absolute Gasteiger partial charge is 0.249 e. The number of nitrogens with two attached hydrogens (primary N) is 1. The van der Waals surface area contributed by atoms with Gasteiger partial charge in [0.25, 0.3) is 0 Å². The van der Waals surface area contributed by atoms with Gasteiger partial charge >= 0.3 is 0 Å². The van der Waals surface area contributed by atoms with E-state index in [0.29, 0.717) is 0 Å². The lowest BCUT2D eigenvalue weighted by atomic mass is 9.70. The predicted molar refractivity (Wildman–Crippen MR) is 74.8 cm³/mol. The molecule has 1 aliphatic carbocycles.